The van der Waals surface area contributed by atoms with Crippen LogP contribution in [-0.4, -0.2) is 24.6 Å². The fraction of sp³-hybridized carbons (Fsp3) is 0.875. The zero-order valence-electron chi connectivity index (χ0n) is 13.4. The average Bonchev–Trinajstić information content (AvgIpc) is 2.39. The lowest BCUT2D eigenvalue weighted by atomic mass is 10.1. The minimum Gasteiger partial charge on any atom is -0.465 e. The van der Waals surface area contributed by atoms with E-state index in [9.17, 15) is 9.59 Å². The number of hydrogen-bond acceptors (Lipinski definition) is 4. The molecule has 4 heteroatoms. The van der Waals surface area contributed by atoms with Crippen molar-refractivity contribution in [3.05, 3.63) is 0 Å². The summed E-state index contributed by atoms with van der Waals surface area (Å²) in [7, 11) is 0. The van der Waals surface area contributed by atoms with Crippen molar-refractivity contribution in [1.82, 2.24) is 0 Å². The molecule has 0 bridgehead atoms. The van der Waals surface area contributed by atoms with Gasteiger partial charge in [-0.2, -0.15) is 0 Å². The van der Waals surface area contributed by atoms with Crippen LogP contribution in [0.5, 0.6) is 0 Å². The molecule has 0 aliphatic heterocycles. The van der Waals surface area contributed by atoms with Crippen LogP contribution < -0.4 is 0 Å². The number of unbranched alkanes of at least 4 members (excludes halogenated alkanes) is 4. The molecule has 0 saturated heterocycles. The fourth-order valence-electron chi connectivity index (χ4n) is 1.96. The lowest BCUT2D eigenvalue weighted by Crippen LogP contribution is -2.24. The Morgan fingerprint density at radius 3 is 2.15 bits per heavy atom. The van der Waals surface area contributed by atoms with Crippen LogP contribution in [0.3, 0.4) is 0 Å². The van der Waals surface area contributed by atoms with Crippen molar-refractivity contribution in [2.45, 2.75) is 78.7 Å². The van der Waals surface area contributed by atoms with Gasteiger partial charge in [0.25, 0.3) is 0 Å². The Bertz CT molecular complexity index is 274. The Labute approximate surface area is 123 Å². The lowest BCUT2D eigenvalue weighted by molar-refractivity contribution is -0.159. The molecule has 0 aliphatic carbocycles. The standard InChI is InChI=1S/C16H30O4/c1-5-7-8-9-10-11-19-15(17)12-16(18)20-14(6-2)13(3)4/h13-14H,5-12H2,1-4H3. The van der Waals surface area contributed by atoms with Gasteiger partial charge >= 0.3 is 11.9 Å². The summed E-state index contributed by atoms with van der Waals surface area (Å²) in [6.45, 7) is 8.52. The Morgan fingerprint density at radius 1 is 0.950 bits per heavy atom. The van der Waals surface area contributed by atoms with Crippen molar-refractivity contribution in [1.29, 1.82) is 0 Å². The van der Waals surface area contributed by atoms with Crippen molar-refractivity contribution >= 4 is 11.9 Å². The predicted octanol–water partition coefficient (Wildman–Crippen LogP) is 3.87. The molecule has 0 spiro atoms. The van der Waals surface area contributed by atoms with E-state index in [2.05, 4.69) is 6.92 Å². The van der Waals surface area contributed by atoms with E-state index in [-0.39, 0.29) is 18.4 Å². The molecule has 0 radical (unpaired) electrons. The molecule has 118 valence electrons. The molecule has 0 N–H and O–H groups in total. The molecule has 20 heavy (non-hydrogen) atoms. The lowest BCUT2D eigenvalue weighted by Gasteiger charge is -2.19. The molecule has 1 atom stereocenters. The zero-order chi connectivity index (χ0) is 15.4. The predicted molar refractivity (Wildman–Crippen MR) is 79.3 cm³/mol. The third-order valence-corrected chi connectivity index (χ3v) is 3.23. The number of esters is 2. The van der Waals surface area contributed by atoms with Gasteiger partial charge in [-0.1, -0.05) is 53.4 Å². The Balaban J connectivity index is 3.72. The van der Waals surface area contributed by atoms with Crippen LogP contribution in [0.4, 0.5) is 0 Å². The molecule has 4 nitrogen and oxygen atoms in total. The topological polar surface area (TPSA) is 52.6 Å². The molecule has 0 aromatic heterocycles. The molecule has 0 aliphatic rings. The van der Waals surface area contributed by atoms with Gasteiger partial charge in [0.15, 0.2) is 0 Å². The number of ether oxygens (including phenoxy) is 2. The first-order chi connectivity index (χ1) is 9.51. The highest BCUT2D eigenvalue weighted by Gasteiger charge is 2.19. The molecule has 0 rings (SSSR count). The third kappa shape index (κ3) is 9.82. The molecule has 0 aromatic rings. The summed E-state index contributed by atoms with van der Waals surface area (Å²) in [6, 6.07) is 0. The second-order valence-electron chi connectivity index (χ2n) is 5.49. The maximum Gasteiger partial charge on any atom is 0.317 e. The van der Waals surface area contributed by atoms with Crippen molar-refractivity contribution in [3.8, 4) is 0 Å². The average molecular weight is 286 g/mol. The van der Waals surface area contributed by atoms with Gasteiger partial charge in [0.05, 0.1) is 6.61 Å². The van der Waals surface area contributed by atoms with E-state index in [0.29, 0.717) is 6.61 Å². The van der Waals surface area contributed by atoms with Crippen molar-refractivity contribution in [3.63, 3.8) is 0 Å². The summed E-state index contributed by atoms with van der Waals surface area (Å²) in [5.74, 6) is -0.704. The highest BCUT2D eigenvalue weighted by Crippen LogP contribution is 2.11. The van der Waals surface area contributed by atoms with E-state index >= 15 is 0 Å². The first-order valence-electron chi connectivity index (χ1n) is 7.86. The molecule has 0 aromatic carbocycles. The summed E-state index contributed by atoms with van der Waals surface area (Å²) >= 11 is 0. The van der Waals surface area contributed by atoms with Gasteiger partial charge in [-0.15, -0.1) is 0 Å². The summed E-state index contributed by atoms with van der Waals surface area (Å²) in [4.78, 5) is 23.0. The number of hydrogen-bond donors (Lipinski definition) is 0. The van der Waals surface area contributed by atoms with Gasteiger partial charge in [-0.3, -0.25) is 9.59 Å². The molecule has 0 amide bonds. The summed E-state index contributed by atoms with van der Waals surface area (Å²) < 4.78 is 10.3. The van der Waals surface area contributed by atoms with Gasteiger partial charge in [-0.25, -0.2) is 0 Å². The van der Waals surface area contributed by atoms with Crippen LogP contribution in [0.2, 0.25) is 0 Å². The maximum atomic E-state index is 11.6. The van der Waals surface area contributed by atoms with Crippen molar-refractivity contribution < 1.29 is 19.1 Å². The molecule has 0 heterocycles. The second kappa shape index (κ2) is 11.7. The van der Waals surface area contributed by atoms with Crippen LogP contribution in [-0.2, 0) is 19.1 Å². The molecule has 1 unspecified atom stereocenters. The molecular weight excluding hydrogens is 256 g/mol. The summed E-state index contributed by atoms with van der Waals surface area (Å²) in [6.07, 6.45) is 5.87. The van der Waals surface area contributed by atoms with Gasteiger partial charge in [0.2, 0.25) is 0 Å². The summed E-state index contributed by atoms with van der Waals surface area (Å²) in [5, 5.41) is 0. The number of carbonyl (C=O) groups is 2. The monoisotopic (exact) mass is 286 g/mol. The Hall–Kier alpha value is -1.06. The number of carbonyl (C=O) groups excluding carboxylic acids is 2. The largest absolute Gasteiger partial charge is 0.465 e. The van der Waals surface area contributed by atoms with E-state index < -0.39 is 11.9 Å². The van der Waals surface area contributed by atoms with Gasteiger partial charge < -0.3 is 9.47 Å². The quantitative estimate of drug-likeness (QED) is 0.329. The second-order valence-corrected chi connectivity index (χ2v) is 5.49. The first-order valence-corrected chi connectivity index (χ1v) is 7.86. The minimum absolute atomic E-state index is 0.121. The van der Waals surface area contributed by atoms with Gasteiger partial charge in [-0.05, 0) is 18.8 Å². The van der Waals surface area contributed by atoms with Crippen molar-refractivity contribution in [2.75, 3.05) is 6.61 Å². The minimum atomic E-state index is -0.485. The third-order valence-electron chi connectivity index (χ3n) is 3.23. The van der Waals surface area contributed by atoms with E-state index in [4.69, 9.17) is 9.47 Å². The SMILES string of the molecule is CCCCCCCOC(=O)CC(=O)OC(CC)C(C)C. The smallest absolute Gasteiger partial charge is 0.317 e. The highest BCUT2D eigenvalue weighted by molar-refractivity contribution is 5.91. The highest BCUT2D eigenvalue weighted by atomic mass is 16.6. The van der Waals surface area contributed by atoms with Crippen LogP contribution >= 0.6 is 0 Å². The van der Waals surface area contributed by atoms with Crippen LogP contribution in [0.25, 0.3) is 0 Å². The van der Waals surface area contributed by atoms with E-state index in [1.807, 2.05) is 20.8 Å². The Morgan fingerprint density at radius 2 is 1.60 bits per heavy atom. The summed E-state index contributed by atoms with van der Waals surface area (Å²) in [5.41, 5.74) is 0. The van der Waals surface area contributed by atoms with Crippen LogP contribution in [0, 0.1) is 5.92 Å². The molecule has 0 fully saturated rings. The maximum absolute atomic E-state index is 11.6. The van der Waals surface area contributed by atoms with Gasteiger partial charge in [0, 0.05) is 0 Å². The molecule has 0 saturated carbocycles. The zero-order valence-corrected chi connectivity index (χ0v) is 13.4. The van der Waals surface area contributed by atoms with Gasteiger partial charge in [0.1, 0.15) is 12.5 Å². The first kappa shape index (κ1) is 18.9. The van der Waals surface area contributed by atoms with Crippen LogP contribution in [0.1, 0.15) is 72.6 Å². The fourth-order valence-corrected chi connectivity index (χ4v) is 1.96. The normalized spacial score (nSPS) is 12.2. The Kier molecular flexibility index (Phi) is 11.1. The number of rotatable bonds is 11. The van der Waals surface area contributed by atoms with Crippen LogP contribution in [0.15, 0.2) is 0 Å². The van der Waals surface area contributed by atoms with E-state index in [0.717, 1.165) is 19.3 Å². The van der Waals surface area contributed by atoms with E-state index in [1.165, 1.54) is 19.3 Å². The van der Waals surface area contributed by atoms with E-state index in [1.54, 1.807) is 0 Å². The van der Waals surface area contributed by atoms with Crippen molar-refractivity contribution in [2.24, 2.45) is 5.92 Å². The molecular formula is C16H30O4.